The number of hydrogen-bond acceptors (Lipinski definition) is 3. The molecule has 0 fully saturated rings. The Morgan fingerprint density at radius 2 is 2.11 bits per heavy atom. The Morgan fingerprint density at radius 1 is 1.44 bits per heavy atom. The predicted molar refractivity (Wildman–Crippen MR) is 38.6 cm³/mol. The van der Waals surface area contributed by atoms with Gasteiger partial charge < -0.3 is 0 Å². The van der Waals surface area contributed by atoms with Crippen molar-refractivity contribution in [2.24, 2.45) is 0 Å². The predicted octanol–water partition coefficient (Wildman–Crippen LogP) is 1.84. The van der Waals surface area contributed by atoms with Crippen LogP contribution in [-0.2, 0) is 5.41 Å². The van der Waals surface area contributed by atoms with Crippen molar-refractivity contribution in [2.75, 3.05) is 0 Å². The second-order valence-electron chi connectivity index (χ2n) is 3.03. The van der Waals surface area contributed by atoms with Gasteiger partial charge in [-0.15, -0.1) is 5.10 Å². The summed E-state index contributed by atoms with van der Waals surface area (Å²) in [5.74, 6) is 0. The van der Waals surface area contributed by atoms with Gasteiger partial charge in [-0.05, 0) is 16.9 Å². The molecule has 0 atom stereocenters. The summed E-state index contributed by atoms with van der Waals surface area (Å²) in [6, 6.07) is 0. The molecule has 1 heterocycles. The van der Waals surface area contributed by atoms with Crippen molar-refractivity contribution < 1.29 is 0 Å². The summed E-state index contributed by atoms with van der Waals surface area (Å²) in [5.41, 5.74) is 0.216. The van der Waals surface area contributed by atoms with Crippen LogP contribution in [0.2, 0.25) is 0 Å². The molecule has 0 radical (unpaired) electrons. The van der Waals surface area contributed by atoms with Crippen molar-refractivity contribution in [1.82, 2.24) is 9.59 Å². The van der Waals surface area contributed by atoms with Gasteiger partial charge in [0.05, 0.1) is 11.1 Å². The summed E-state index contributed by atoms with van der Waals surface area (Å²) in [7, 11) is 0. The lowest BCUT2D eigenvalue weighted by molar-refractivity contribution is 0.602. The topological polar surface area (TPSA) is 25.8 Å². The third kappa shape index (κ3) is 1.48. The maximum absolute atomic E-state index is 3.78. The van der Waals surface area contributed by atoms with E-state index in [0.717, 1.165) is 0 Å². The molecule has 0 saturated carbocycles. The maximum atomic E-state index is 3.78. The van der Waals surface area contributed by atoms with Gasteiger partial charge in [0.1, 0.15) is 0 Å². The van der Waals surface area contributed by atoms with Crippen molar-refractivity contribution in [3.05, 3.63) is 11.1 Å². The Labute approximate surface area is 59.1 Å². The first kappa shape index (κ1) is 6.68. The average Bonchev–Trinajstić information content (AvgIpc) is 2.08. The molecule has 0 saturated heterocycles. The molecule has 0 aliphatic heterocycles. The van der Waals surface area contributed by atoms with Crippen LogP contribution in [0.3, 0.4) is 0 Å². The van der Waals surface area contributed by atoms with Gasteiger partial charge >= 0.3 is 0 Å². The highest BCUT2D eigenvalue weighted by Crippen LogP contribution is 2.23. The smallest absolute Gasteiger partial charge is 0.0658 e. The van der Waals surface area contributed by atoms with Crippen LogP contribution in [0.5, 0.6) is 0 Å². The Morgan fingerprint density at radius 3 is 2.33 bits per heavy atom. The quantitative estimate of drug-likeness (QED) is 0.552. The molecule has 3 heteroatoms. The van der Waals surface area contributed by atoms with Gasteiger partial charge in [0, 0.05) is 0 Å². The van der Waals surface area contributed by atoms with Crippen LogP contribution >= 0.6 is 11.5 Å². The summed E-state index contributed by atoms with van der Waals surface area (Å²) >= 11 is 1.47. The van der Waals surface area contributed by atoms with E-state index in [-0.39, 0.29) is 5.41 Å². The Kier molecular flexibility index (Phi) is 1.53. The molecule has 1 rings (SSSR count). The summed E-state index contributed by atoms with van der Waals surface area (Å²) in [4.78, 5) is 1.24. The Balaban J connectivity index is 2.90. The van der Waals surface area contributed by atoms with E-state index in [0.29, 0.717) is 0 Å². The summed E-state index contributed by atoms with van der Waals surface area (Å²) in [6.07, 6.45) is 1.82. The normalized spacial score (nSPS) is 11.9. The molecule has 9 heavy (non-hydrogen) atoms. The largest absolute Gasteiger partial charge is 0.146 e. The first-order valence-corrected chi connectivity index (χ1v) is 3.66. The number of nitrogens with zero attached hydrogens (tertiary/aromatic N) is 2. The van der Waals surface area contributed by atoms with Crippen LogP contribution in [0.15, 0.2) is 6.20 Å². The first-order chi connectivity index (χ1) is 4.11. The van der Waals surface area contributed by atoms with E-state index in [1.165, 1.54) is 16.4 Å². The molecule has 0 aliphatic carbocycles. The van der Waals surface area contributed by atoms with Crippen LogP contribution in [0.4, 0.5) is 0 Å². The molecule has 0 unspecified atom stereocenters. The van der Waals surface area contributed by atoms with E-state index < -0.39 is 0 Å². The van der Waals surface area contributed by atoms with Gasteiger partial charge in [0.25, 0.3) is 0 Å². The van der Waals surface area contributed by atoms with Gasteiger partial charge in [-0.3, -0.25) is 0 Å². The molecule has 0 spiro atoms. The Hall–Kier alpha value is -0.440. The second kappa shape index (κ2) is 2.06. The minimum absolute atomic E-state index is 0.216. The van der Waals surface area contributed by atoms with Gasteiger partial charge in [0.15, 0.2) is 0 Å². The molecule has 2 nitrogen and oxygen atoms in total. The first-order valence-electron chi connectivity index (χ1n) is 2.88. The number of aromatic nitrogens is 2. The van der Waals surface area contributed by atoms with Crippen molar-refractivity contribution >= 4 is 11.5 Å². The fourth-order valence-corrected chi connectivity index (χ4v) is 1.05. The van der Waals surface area contributed by atoms with Crippen molar-refractivity contribution in [3.63, 3.8) is 0 Å². The maximum Gasteiger partial charge on any atom is 0.0658 e. The van der Waals surface area contributed by atoms with Crippen LogP contribution in [0, 0.1) is 0 Å². The zero-order valence-electron chi connectivity index (χ0n) is 5.88. The summed E-state index contributed by atoms with van der Waals surface area (Å²) in [6.45, 7) is 6.46. The monoisotopic (exact) mass is 142 g/mol. The van der Waals surface area contributed by atoms with Crippen LogP contribution in [0.1, 0.15) is 25.6 Å². The van der Waals surface area contributed by atoms with E-state index >= 15 is 0 Å². The SMILES string of the molecule is CC(C)(C)c1cnns1. The molecule has 0 aliphatic rings. The molecule has 1 aromatic heterocycles. The van der Waals surface area contributed by atoms with Crippen molar-refractivity contribution in [3.8, 4) is 0 Å². The van der Waals surface area contributed by atoms with Crippen molar-refractivity contribution in [2.45, 2.75) is 26.2 Å². The van der Waals surface area contributed by atoms with Gasteiger partial charge in [0.2, 0.25) is 0 Å². The standard InChI is InChI=1S/C6H10N2S/c1-6(2,3)5-4-7-8-9-5/h4H,1-3H3. The molecule has 0 bridgehead atoms. The molecule has 1 aromatic rings. The van der Waals surface area contributed by atoms with Crippen molar-refractivity contribution in [1.29, 1.82) is 0 Å². The highest BCUT2D eigenvalue weighted by molar-refractivity contribution is 7.05. The lowest BCUT2D eigenvalue weighted by Crippen LogP contribution is -2.07. The number of hydrogen-bond donors (Lipinski definition) is 0. The fourth-order valence-electron chi connectivity index (χ4n) is 0.498. The zero-order chi connectivity index (χ0) is 6.91. The highest BCUT2D eigenvalue weighted by Gasteiger charge is 2.15. The lowest BCUT2D eigenvalue weighted by atomic mass is 9.96. The van der Waals surface area contributed by atoms with Gasteiger partial charge in [-0.2, -0.15) is 0 Å². The van der Waals surface area contributed by atoms with Crippen LogP contribution < -0.4 is 0 Å². The third-order valence-electron chi connectivity index (χ3n) is 1.10. The minimum Gasteiger partial charge on any atom is -0.146 e. The van der Waals surface area contributed by atoms with E-state index in [1.807, 2.05) is 6.20 Å². The number of rotatable bonds is 0. The summed E-state index contributed by atoms with van der Waals surface area (Å²) in [5, 5.41) is 3.76. The minimum atomic E-state index is 0.216. The average molecular weight is 142 g/mol. The molecule has 0 aromatic carbocycles. The van der Waals surface area contributed by atoms with E-state index in [9.17, 15) is 0 Å². The third-order valence-corrected chi connectivity index (χ3v) is 2.19. The van der Waals surface area contributed by atoms with Crippen LogP contribution in [0.25, 0.3) is 0 Å². The molecular weight excluding hydrogens is 132 g/mol. The van der Waals surface area contributed by atoms with E-state index in [4.69, 9.17) is 0 Å². The molecule has 50 valence electrons. The summed E-state index contributed by atoms with van der Waals surface area (Å²) < 4.78 is 3.78. The second-order valence-corrected chi connectivity index (χ2v) is 3.82. The lowest BCUT2D eigenvalue weighted by Gasteiger charge is -2.12. The van der Waals surface area contributed by atoms with E-state index in [2.05, 4.69) is 30.4 Å². The zero-order valence-corrected chi connectivity index (χ0v) is 6.70. The van der Waals surface area contributed by atoms with Gasteiger partial charge in [-0.1, -0.05) is 25.3 Å². The highest BCUT2D eigenvalue weighted by atomic mass is 32.1. The molecule has 0 N–H and O–H groups in total. The fraction of sp³-hybridized carbons (Fsp3) is 0.667. The Bertz CT molecular complexity index is 173. The molecular formula is C6H10N2S. The van der Waals surface area contributed by atoms with Gasteiger partial charge in [-0.25, -0.2) is 0 Å². The van der Waals surface area contributed by atoms with Crippen LogP contribution in [-0.4, -0.2) is 9.59 Å². The molecule has 0 amide bonds. The van der Waals surface area contributed by atoms with E-state index in [1.54, 1.807) is 0 Å².